The fraction of sp³-hybridized carbons (Fsp3) is 0.273. The minimum absolute atomic E-state index is 0.000346. The average molecular weight is 359 g/mol. The first-order valence-corrected chi connectivity index (χ1v) is 9.23. The highest BCUT2D eigenvalue weighted by Gasteiger charge is 2.25. The highest BCUT2D eigenvalue weighted by molar-refractivity contribution is 5.95. The number of rotatable bonds is 5. The molecule has 2 aromatic carbocycles. The van der Waals surface area contributed by atoms with Gasteiger partial charge in [-0.1, -0.05) is 36.4 Å². The van der Waals surface area contributed by atoms with Gasteiger partial charge in [-0.05, 0) is 43.0 Å². The molecule has 0 aliphatic heterocycles. The Hall–Kier alpha value is -3.10. The molecule has 2 N–H and O–H groups in total. The molecule has 27 heavy (non-hydrogen) atoms. The van der Waals surface area contributed by atoms with Gasteiger partial charge in [0.1, 0.15) is 5.82 Å². The van der Waals surface area contributed by atoms with Gasteiger partial charge in [-0.25, -0.2) is 0 Å². The highest BCUT2D eigenvalue weighted by atomic mass is 16.3. The predicted molar refractivity (Wildman–Crippen MR) is 104 cm³/mol. The minimum Gasteiger partial charge on any atom is -0.388 e. The smallest absolute Gasteiger partial charge is 0.228 e. The molecule has 1 amide bonds. The summed E-state index contributed by atoms with van der Waals surface area (Å²) in [5.74, 6) is 0.505. The van der Waals surface area contributed by atoms with Crippen molar-refractivity contribution in [3.05, 3.63) is 65.7 Å². The summed E-state index contributed by atoms with van der Waals surface area (Å²) in [5, 5.41) is 23.5. The summed E-state index contributed by atoms with van der Waals surface area (Å²) in [5.41, 5.74) is 2.31. The lowest BCUT2D eigenvalue weighted by Crippen LogP contribution is -2.22. The second-order valence-electron chi connectivity index (χ2n) is 7.05. The van der Waals surface area contributed by atoms with E-state index in [0.29, 0.717) is 11.6 Å². The van der Waals surface area contributed by atoms with Crippen molar-refractivity contribution in [2.45, 2.75) is 37.8 Å². The molecule has 3 aromatic rings. The standard InChI is InChI=1S/C22H21N3O2/c23-14-15-9-10-17-12-21(25(19(17)11-15)18-7-4-8-18)24-22(27)13-20(26)16-5-2-1-3-6-16/h1-3,5-6,9-12,18,20,26H,4,7-8,13H2,(H,24,27)/t20-/m0/s1. The Morgan fingerprint density at radius 1 is 1.22 bits per heavy atom. The van der Waals surface area contributed by atoms with Gasteiger partial charge in [0.25, 0.3) is 0 Å². The normalized spacial score (nSPS) is 15.1. The van der Waals surface area contributed by atoms with E-state index in [0.717, 1.165) is 35.1 Å². The molecule has 5 nitrogen and oxygen atoms in total. The molecule has 0 bridgehead atoms. The molecule has 0 spiro atoms. The van der Waals surface area contributed by atoms with Crippen molar-refractivity contribution in [2.24, 2.45) is 0 Å². The van der Waals surface area contributed by atoms with Crippen LogP contribution in [0.15, 0.2) is 54.6 Å². The number of nitriles is 1. The fourth-order valence-electron chi connectivity index (χ4n) is 3.59. The van der Waals surface area contributed by atoms with Crippen LogP contribution in [0.2, 0.25) is 0 Å². The van der Waals surface area contributed by atoms with Crippen LogP contribution in [0.3, 0.4) is 0 Å². The van der Waals surface area contributed by atoms with Crippen LogP contribution in [-0.2, 0) is 4.79 Å². The third kappa shape index (κ3) is 3.44. The number of carbonyl (C=O) groups is 1. The monoisotopic (exact) mass is 359 g/mol. The van der Waals surface area contributed by atoms with Crippen molar-refractivity contribution in [3.63, 3.8) is 0 Å². The predicted octanol–water partition coefficient (Wildman–Crippen LogP) is 4.30. The number of fused-ring (bicyclic) bond motifs is 1. The highest BCUT2D eigenvalue weighted by Crippen LogP contribution is 2.39. The molecular weight excluding hydrogens is 338 g/mol. The van der Waals surface area contributed by atoms with Gasteiger partial charge in [0.2, 0.25) is 5.91 Å². The Morgan fingerprint density at radius 2 is 2.00 bits per heavy atom. The van der Waals surface area contributed by atoms with E-state index in [-0.39, 0.29) is 12.3 Å². The number of aromatic nitrogens is 1. The maximum absolute atomic E-state index is 12.5. The summed E-state index contributed by atoms with van der Waals surface area (Å²) >= 11 is 0. The maximum atomic E-state index is 12.5. The molecule has 1 saturated carbocycles. The van der Waals surface area contributed by atoms with Crippen LogP contribution < -0.4 is 5.32 Å². The van der Waals surface area contributed by atoms with Crippen LogP contribution in [0.4, 0.5) is 5.82 Å². The Morgan fingerprint density at radius 3 is 2.67 bits per heavy atom. The second kappa shape index (κ2) is 7.26. The maximum Gasteiger partial charge on any atom is 0.228 e. The number of benzene rings is 2. The zero-order valence-corrected chi connectivity index (χ0v) is 14.9. The van der Waals surface area contributed by atoms with Crippen molar-refractivity contribution in [2.75, 3.05) is 5.32 Å². The lowest BCUT2D eigenvalue weighted by molar-refractivity contribution is -0.118. The molecular formula is C22H21N3O2. The Balaban J connectivity index is 1.59. The van der Waals surface area contributed by atoms with Gasteiger partial charge >= 0.3 is 0 Å². The molecule has 136 valence electrons. The largest absolute Gasteiger partial charge is 0.388 e. The van der Waals surface area contributed by atoms with E-state index in [1.807, 2.05) is 48.5 Å². The number of nitrogens with one attached hydrogen (secondary N) is 1. The van der Waals surface area contributed by atoms with E-state index < -0.39 is 6.10 Å². The number of carbonyl (C=O) groups excluding carboxylic acids is 1. The molecule has 1 fully saturated rings. The van der Waals surface area contributed by atoms with E-state index >= 15 is 0 Å². The summed E-state index contributed by atoms with van der Waals surface area (Å²) in [6, 6.07) is 19.2. The molecule has 4 rings (SSSR count). The topological polar surface area (TPSA) is 78.1 Å². The van der Waals surface area contributed by atoms with Gasteiger partial charge in [-0.3, -0.25) is 4.79 Å². The lowest BCUT2D eigenvalue weighted by Gasteiger charge is -2.30. The number of aliphatic hydroxyl groups is 1. The van der Waals surface area contributed by atoms with E-state index in [9.17, 15) is 15.2 Å². The first kappa shape index (κ1) is 17.3. The van der Waals surface area contributed by atoms with Crippen LogP contribution in [0.25, 0.3) is 10.9 Å². The zero-order chi connectivity index (χ0) is 18.8. The quantitative estimate of drug-likeness (QED) is 0.713. The number of aliphatic hydroxyl groups excluding tert-OH is 1. The van der Waals surface area contributed by atoms with Crippen molar-refractivity contribution in [3.8, 4) is 6.07 Å². The van der Waals surface area contributed by atoms with Gasteiger partial charge < -0.3 is 15.0 Å². The van der Waals surface area contributed by atoms with Crippen LogP contribution in [-0.4, -0.2) is 15.6 Å². The number of hydrogen-bond donors (Lipinski definition) is 2. The summed E-state index contributed by atoms with van der Waals surface area (Å²) < 4.78 is 2.13. The Labute approximate surface area is 157 Å². The molecule has 0 saturated heterocycles. The van der Waals surface area contributed by atoms with Crippen molar-refractivity contribution in [1.29, 1.82) is 5.26 Å². The second-order valence-corrected chi connectivity index (χ2v) is 7.05. The van der Waals surface area contributed by atoms with Crippen LogP contribution in [0, 0.1) is 11.3 Å². The van der Waals surface area contributed by atoms with Crippen molar-refractivity contribution >= 4 is 22.6 Å². The van der Waals surface area contributed by atoms with E-state index in [4.69, 9.17) is 0 Å². The van der Waals surface area contributed by atoms with Gasteiger partial charge in [0.15, 0.2) is 0 Å². The number of anilines is 1. The first-order valence-electron chi connectivity index (χ1n) is 9.23. The molecule has 5 heteroatoms. The summed E-state index contributed by atoms with van der Waals surface area (Å²) in [6.07, 6.45) is 2.46. The Kier molecular flexibility index (Phi) is 4.66. The molecule has 1 aliphatic carbocycles. The van der Waals surface area contributed by atoms with Gasteiger partial charge in [0.05, 0.1) is 29.7 Å². The van der Waals surface area contributed by atoms with E-state index in [1.54, 1.807) is 6.07 Å². The molecule has 0 radical (unpaired) electrons. The SMILES string of the molecule is N#Cc1ccc2cc(NC(=O)C[C@H](O)c3ccccc3)n(C3CCC3)c2c1. The van der Waals surface area contributed by atoms with Crippen LogP contribution >= 0.6 is 0 Å². The third-order valence-corrected chi connectivity index (χ3v) is 5.24. The number of nitrogens with zero attached hydrogens (tertiary/aromatic N) is 2. The van der Waals surface area contributed by atoms with E-state index in [1.165, 1.54) is 6.42 Å². The zero-order valence-electron chi connectivity index (χ0n) is 14.9. The minimum atomic E-state index is -0.835. The molecule has 1 heterocycles. The fourth-order valence-corrected chi connectivity index (χ4v) is 3.59. The average Bonchev–Trinajstić information content (AvgIpc) is 2.98. The third-order valence-electron chi connectivity index (χ3n) is 5.24. The van der Waals surface area contributed by atoms with Gasteiger partial charge in [0, 0.05) is 11.4 Å². The van der Waals surface area contributed by atoms with Crippen molar-refractivity contribution < 1.29 is 9.90 Å². The summed E-state index contributed by atoms with van der Waals surface area (Å²) in [6.45, 7) is 0. The Bertz CT molecular complexity index is 1010. The van der Waals surface area contributed by atoms with Gasteiger partial charge in [-0.15, -0.1) is 0 Å². The number of amides is 1. The number of hydrogen-bond acceptors (Lipinski definition) is 3. The van der Waals surface area contributed by atoms with Crippen LogP contribution in [0.5, 0.6) is 0 Å². The molecule has 0 unspecified atom stereocenters. The van der Waals surface area contributed by atoms with Crippen molar-refractivity contribution in [1.82, 2.24) is 4.57 Å². The first-order chi connectivity index (χ1) is 13.2. The molecule has 1 atom stereocenters. The lowest BCUT2D eigenvalue weighted by atomic mass is 9.92. The molecule has 1 aromatic heterocycles. The van der Waals surface area contributed by atoms with Crippen LogP contribution in [0.1, 0.15) is 49.0 Å². The molecule has 1 aliphatic rings. The van der Waals surface area contributed by atoms with E-state index in [2.05, 4.69) is 16.0 Å². The van der Waals surface area contributed by atoms with Gasteiger partial charge in [-0.2, -0.15) is 5.26 Å². The summed E-state index contributed by atoms with van der Waals surface area (Å²) in [7, 11) is 0. The summed E-state index contributed by atoms with van der Waals surface area (Å²) in [4.78, 5) is 12.5.